The van der Waals surface area contributed by atoms with Crippen LogP contribution in [-0.2, 0) is 4.79 Å². The maximum Gasteiger partial charge on any atom is 0.274 e. The van der Waals surface area contributed by atoms with Crippen LogP contribution in [-0.4, -0.2) is 52.9 Å². The van der Waals surface area contributed by atoms with Crippen molar-refractivity contribution in [3.63, 3.8) is 0 Å². The first kappa shape index (κ1) is 18.1. The van der Waals surface area contributed by atoms with Crippen molar-refractivity contribution in [1.82, 2.24) is 14.9 Å². The van der Waals surface area contributed by atoms with Gasteiger partial charge in [-0.25, -0.2) is 9.97 Å². The monoisotopic (exact) mass is 373 g/mol. The molecule has 3 rings (SSSR count). The van der Waals surface area contributed by atoms with Crippen molar-refractivity contribution in [1.29, 1.82) is 0 Å². The summed E-state index contributed by atoms with van der Waals surface area (Å²) in [7, 11) is 0. The molecule has 0 atom stereocenters. The van der Waals surface area contributed by atoms with E-state index < -0.39 is 0 Å². The van der Waals surface area contributed by atoms with E-state index in [1.165, 1.54) is 0 Å². The lowest BCUT2D eigenvalue weighted by Gasteiger charge is -2.35. The number of anilines is 2. The van der Waals surface area contributed by atoms with Crippen molar-refractivity contribution < 1.29 is 9.59 Å². The van der Waals surface area contributed by atoms with E-state index in [4.69, 9.17) is 11.6 Å². The number of hydrogen-bond donors (Lipinski definition) is 1. The van der Waals surface area contributed by atoms with E-state index in [9.17, 15) is 9.59 Å². The number of amides is 2. The predicted octanol–water partition coefficient (Wildman–Crippen LogP) is 2.36. The number of halogens is 1. The highest BCUT2D eigenvalue weighted by molar-refractivity contribution is 6.30. The largest absolute Gasteiger partial charge is 0.353 e. The summed E-state index contributed by atoms with van der Waals surface area (Å²) in [6, 6.07) is 8.57. The molecule has 0 bridgehead atoms. The summed E-state index contributed by atoms with van der Waals surface area (Å²) in [6.07, 6.45) is 0. The van der Waals surface area contributed by atoms with Crippen LogP contribution in [0, 0.1) is 6.92 Å². The molecule has 0 aliphatic carbocycles. The minimum absolute atomic E-state index is 0.0755. The van der Waals surface area contributed by atoms with E-state index in [0.717, 1.165) is 0 Å². The van der Waals surface area contributed by atoms with Gasteiger partial charge >= 0.3 is 0 Å². The van der Waals surface area contributed by atoms with E-state index in [2.05, 4.69) is 20.2 Å². The van der Waals surface area contributed by atoms with E-state index in [1.54, 1.807) is 49.1 Å². The van der Waals surface area contributed by atoms with Gasteiger partial charge in [0.15, 0.2) is 0 Å². The number of piperazine rings is 1. The number of carbonyl (C=O) groups is 2. The second-order valence-electron chi connectivity index (χ2n) is 6.11. The highest BCUT2D eigenvalue weighted by atomic mass is 35.5. The Morgan fingerprint density at radius 1 is 1.08 bits per heavy atom. The highest BCUT2D eigenvalue weighted by Crippen LogP contribution is 2.18. The quantitative estimate of drug-likeness (QED) is 0.893. The van der Waals surface area contributed by atoms with Gasteiger partial charge in [-0.3, -0.25) is 9.59 Å². The lowest BCUT2D eigenvalue weighted by Crippen LogP contribution is -2.48. The number of nitrogens with zero attached hydrogens (tertiary/aromatic N) is 4. The summed E-state index contributed by atoms with van der Waals surface area (Å²) in [6.45, 7) is 5.97. The van der Waals surface area contributed by atoms with Gasteiger partial charge in [-0.1, -0.05) is 11.6 Å². The number of nitrogens with one attached hydrogen (secondary N) is 1. The molecule has 8 heteroatoms. The van der Waals surface area contributed by atoms with Crippen LogP contribution in [0.15, 0.2) is 30.3 Å². The zero-order valence-electron chi connectivity index (χ0n) is 14.7. The van der Waals surface area contributed by atoms with Crippen LogP contribution in [0.2, 0.25) is 5.02 Å². The molecule has 2 heterocycles. The van der Waals surface area contributed by atoms with Gasteiger partial charge in [-0.15, -0.1) is 0 Å². The predicted molar refractivity (Wildman–Crippen MR) is 101 cm³/mol. The molecule has 0 saturated carbocycles. The summed E-state index contributed by atoms with van der Waals surface area (Å²) in [5.74, 6) is 0.993. The maximum atomic E-state index is 12.5. The number of aryl methyl sites for hydroxylation is 1. The van der Waals surface area contributed by atoms with Crippen LogP contribution < -0.4 is 10.2 Å². The first-order chi connectivity index (χ1) is 12.4. The molecule has 136 valence electrons. The summed E-state index contributed by atoms with van der Waals surface area (Å²) in [5, 5.41) is 3.41. The van der Waals surface area contributed by atoms with Crippen LogP contribution in [0.3, 0.4) is 0 Å². The van der Waals surface area contributed by atoms with Crippen LogP contribution in [0.5, 0.6) is 0 Å². The summed E-state index contributed by atoms with van der Waals surface area (Å²) in [4.78, 5) is 36.5. The third kappa shape index (κ3) is 4.29. The molecule has 1 fully saturated rings. The molecule has 2 aromatic rings. The average molecular weight is 374 g/mol. The van der Waals surface area contributed by atoms with Gasteiger partial charge in [0, 0.05) is 49.9 Å². The minimum atomic E-state index is -0.304. The number of carbonyl (C=O) groups excluding carboxylic acids is 2. The molecule has 1 aromatic heterocycles. The van der Waals surface area contributed by atoms with Crippen LogP contribution >= 0.6 is 11.6 Å². The Hall–Kier alpha value is -2.67. The summed E-state index contributed by atoms with van der Waals surface area (Å²) in [5.41, 5.74) is 0.948. The highest BCUT2D eigenvalue weighted by Gasteiger charge is 2.21. The topological polar surface area (TPSA) is 78.4 Å². The van der Waals surface area contributed by atoms with E-state index in [1.807, 2.05) is 0 Å². The van der Waals surface area contributed by atoms with Crippen molar-refractivity contribution in [2.24, 2.45) is 0 Å². The molecule has 1 aliphatic rings. The zero-order chi connectivity index (χ0) is 18.7. The van der Waals surface area contributed by atoms with Crippen LogP contribution in [0.1, 0.15) is 23.2 Å². The van der Waals surface area contributed by atoms with Gasteiger partial charge in [0.1, 0.15) is 17.3 Å². The fourth-order valence-corrected chi connectivity index (χ4v) is 2.94. The Kier molecular flexibility index (Phi) is 5.37. The second kappa shape index (κ2) is 7.70. The fourth-order valence-electron chi connectivity index (χ4n) is 2.81. The molecule has 0 unspecified atom stereocenters. The molecule has 7 nitrogen and oxygen atoms in total. The standard InChI is InChI=1S/C18H20ClN5O2/c1-12-20-16(18(26)22-15-5-3-14(19)4-6-15)11-17(21-12)24-9-7-23(8-10-24)13(2)25/h3-6,11H,7-10H2,1-2H3,(H,22,26). The molecular formula is C18H20ClN5O2. The van der Waals surface area contributed by atoms with Crippen molar-refractivity contribution in [3.8, 4) is 0 Å². The fraction of sp³-hybridized carbons (Fsp3) is 0.333. The van der Waals surface area contributed by atoms with Crippen molar-refractivity contribution in [2.75, 3.05) is 36.4 Å². The molecular weight excluding hydrogens is 354 g/mol. The first-order valence-electron chi connectivity index (χ1n) is 8.35. The average Bonchev–Trinajstić information content (AvgIpc) is 2.63. The van der Waals surface area contributed by atoms with Gasteiger partial charge in [0.05, 0.1) is 0 Å². The Labute approximate surface area is 157 Å². The number of rotatable bonds is 3. The molecule has 26 heavy (non-hydrogen) atoms. The second-order valence-corrected chi connectivity index (χ2v) is 6.55. The van der Waals surface area contributed by atoms with Gasteiger partial charge in [-0.05, 0) is 31.2 Å². The number of aromatic nitrogens is 2. The Bertz CT molecular complexity index is 817. The third-order valence-electron chi connectivity index (χ3n) is 4.21. The smallest absolute Gasteiger partial charge is 0.274 e. The molecule has 1 saturated heterocycles. The van der Waals surface area contributed by atoms with Gasteiger partial charge in [0.2, 0.25) is 5.91 Å². The summed E-state index contributed by atoms with van der Waals surface area (Å²) < 4.78 is 0. The van der Waals surface area contributed by atoms with Crippen LogP contribution in [0.4, 0.5) is 11.5 Å². The Morgan fingerprint density at radius 3 is 2.35 bits per heavy atom. The number of hydrogen-bond acceptors (Lipinski definition) is 5. The van der Waals surface area contributed by atoms with Crippen molar-refractivity contribution in [2.45, 2.75) is 13.8 Å². The minimum Gasteiger partial charge on any atom is -0.353 e. The lowest BCUT2D eigenvalue weighted by atomic mass is 10.2. The van der Waals surface area contributed by atoms with E-state index >= 15 is 0 Å². The molecule has 1 aromatic carbocycles. The zero-order valence-corrected chi connectivity index (χ0v) is 15.5. The summed E-state index contributed by atoms with van der Waals surface area (Å²) >= 11 is 5.86. The van der Waals surface area contributed by atoms with Crippen LogP contribution in [0.25, 0.3) is 0 Å². The molecule has 0 radical (unpaired) electrons. The third-order valence-corrected chi connectivity index (χ3v) is 4.46. The Morgan fingerprint density at radius 2 is 1.73 bits per heavy atom. The van der Waals surface area contributed by atoms with Crippen molar-refractivity contribution >= 4 is 34.9 Å². The normalized spacial score (nSPS) is 14.3. The van der Waals surface area contributed by atoms with E-state index in [0.29, 0.717) is 54.2 Å². The molecule has 0 spiro atoms. The van der Waals surface area contributed by atoms with Crippen molar-refractivity contribution in [3.05, 3.63) is 46.9 Å². The van der Waals surface area contributed by atoms with Gasteiger partial charge < -0.3 is 15.1 Å². The molecule has 2 amide bonds. The Balaban J connectivity index is 1.74. The van der Waals surface area contributed by atoms with Gasteiger partial charge in [-0.2, -0.15) is 0 Å². The molecule has 1 N–H and O–H groups in total. The maximum absolute atomic E-state index is 12.5. The number of benzene rings is 1. The first-order valence-corrected chi connectivity index (χ1v) is 8.73. The lowest BCUT2D eigenvalue weighted by molar-refractivity contribution is -0.129. The van der Waals surface area contributed by atoms with E-state index in [-0.39, 0.29) is 11.8 Å². The molecule has 1 aliphatic heterocycles. The van der Waals surface area contributed by atoms with Gasteiger partial charge in [0.25, 0.3) is 5.91 Å². The SMILES string of the molecule is CC(=O)N1CCN(c2cc(C(=O)Nc3ccc(Cl)cc3)nc(C)n2)CC1.